The molecule has 3 aromatic heterocycles. The van der Waals surface area contributed by atoms with Gasteiger partial charge in [-0.1, -0.05) is 136 Å². The summed E-state index contributed by atoms with van der Waals surface area (Å²) in [5.41, 5.74) is 14.5. The summed E-state index contributed by atoms with van der Waals surface area (Å²) in [4.78, 5) is 0. The highest BCUT2D eigenvalue weighted by Crippen LogP contribution is 2.46. The molecule has 3 heteroatoms. The number of hydrogen-bond acceptors (Lipinski definition) is 0. The lowest BCUT2D eigenvalue weighted by Gasteiger charge is -2.22. The van der Waals surface area contributed by atoms with Crippen LogP contribution in [-0.2, 0) is 5.41 Å². The molecule has 0 bridgehead atoms. The molecule has 0 radical (unpaired) electrons. The van der Waals surface area contributed by atoms with Gasteiger partial charge in [0.15, 0.2) is 0 Å². The second-order valence-corrected chi connectivity index (χ2v) is 15.8. The van der Waals surface area contributed by atoms with Crippen molar-refractivity contribution in [1.82, 2.24) is 13.7 Å². The second kappa shape index (κ2) is 11.8. The fourth-order valence-electron chi connectivity index (χ4n) is 9.23. The Kier molecular flexibility index (Phi) is 6.81. The SMILES string of the molecule is CC(C)(C)c1cccc2c3c4c5ccccc5n(-c5ccccc5-c5ccc6c(c5)c5ccccc5n6-c5ccccc5)c4ccc3n(-c3ccccc3)c12. The van der Waals surface area contributed by atoms with Crippen LogP contribution in [0.5, 0.6) is 0 Å². The molecule has 0 atom stereocenters. The van der Waals surface area contributed by atoms with Crippen molar-refractivity contribution in [3.8, 4) is 28.2 Å². The third-order valence-electron chi connectivity index (χ3n) is 11.6. The van der Waals surface area contributed by atoms with Gasteiger partial charge in [-0.3, -0.25) is 0 Å². The maximum Gasteiger partial charge on any atom is 0.0578 e. The van der Waals surface area contributed by atoms with Crippen molar-refractivity contribution in [3.05, 3.63) is 188 Å². The smallest absolute Gasteiger partial charge is 0.0578 e. The molecule has 3 nitrogen and oxygen atoms in total. The van der Waals surface area contributed by atoms with Gasteiger partial charge in [0.05, 0.1) is 38.8 Å². The summed E-state index contributed by atoms with van der Waals surface area (Å²) in [6.07, 6.45) is 0. The number of rotatable bonds is 4. The van der Waals surface area contributed by atoms with Gasteiger partial charge in [0, 0.05) is 49.3 Å². The quantitative estimate of drug-likeness (QED) is 0.173. The molecule has 0 amide bonds. The molecule has 0 saturated carbocycles. The molecule has 0 N–H and O–H groups in total. The summed E-state index contributed by atoms with van der Waals surface area (Å²) in [5.74, 6) is 0. The first-order valence-corrected chi connectivity index (χ1v) is 19.2. The summed E-state index contributed by atoms with van der Waals surface area (Å²) in [6.45, 7) is 6.97. The number of benzene rings is 8. The third kappa shape index (κ3) is 4.63. The van der Waals surface area contributed by atoms with Gasteiger partial charge in [0.25, 0.3) is 0 Å². The van der Waals surface area contributed by atoms with Crippen molar-refractivity contribution in [1.29, 1.82) is 0 Å². The van der Waals surface area contributed by atoms with Crippen molar-refractivity contribution in [2.45, 2.75) is 26.2 Å². The summed E-state index contributed by atoms with van der Waals surface area (Å²) >= 11 is 0. The van der Waals surface area contributed by atoms with Crippen LogP contribution in [-0.4, -0.2) is 13.7 Å². The van der Waals surface area contributed by atoms with E-state index in [1.165, 1.54) is 99.2 Å². The standard InChI is InChI=1S/C52H39N3/c1-52(2,3)42-25-16-24-40-50-47(54(51(40)42)36-19-8-5-9-20-36)31-32-48-49(50)39-23-12-15-28-45(39)55(48)43-26-13-10-21-37(43)34-29-30-46-41(33-34)38-22-11-14-27-44(38)53(46)35-17-6-4-7-18-35/h4-33H,1-3H3. The van der Waals surface area contributed by atoms with E-state index in [1.54, 1.807) is 0 Å². The number of para-hydroxylation sites is 6. The van der Waals surface area contributed by atoms with Crippen LogP contribution in [0.4, 0.5) is 0 Å². The molecule has 55 heavy (non-hydrogen) atoms. The molecule has 11 rings (SSSR count). The molecule has 0 spiro atoms. The van der Waals surface area contributed by atoms with E-state index in [2.05, 4.69) is 216 Å². The Hall–Kier alpha value is -6.84. The molecular weight excluding hydrogens is 667 g/mol. The highest BCUT2D eigenvalue weighted by atomic mass is 15.0. The Bertz CT molecular complexity index is 3280. The first kappa shape index (κ1) is 31.7. The van der Waals surface area contributed by atoms with E-state index < -0.39 is 0 Å². The molecule has 3 heterocycles. The average molecular weight is 706 g/mol. The van der Waals surface area contributed by atoms with Gasteiger partial charge in [-0.25, -0.2) is 0 Å². The monoisotopic (exact) mass is 705 g/mol. The summed E-state index contributed by atoms with van der Waals surface area (Å²) in [5, 5.41) is 7.63. The lowest BCUT2D eigenvalue weighted by Crippen LogP contribution is -2.13. The molecule has 0 aliphatic carbocycles. The second-order valence-electron chi connectivity index (χ2n) is 15.8. The van der Waals surface area contributed by atoms with Gasteiger partial charge < -0.3 is 13.7 Å². The molecule has 0 fully saturated rings. The van der Waals surface area contributed by atoms with E-state index in [1.807, 2.05) is 0 Å². The van der Waals surface area contributed by atoms with Crippen LogP contribution in [0.25, 0.3) is 93.6 Å². The average Bonchev–Trinajstić information content (AvgIpc) is 3.86. The minimum atomic E-state index is -0.0407. The van der Waals surface area contributed by atoms with Crippen LogP contribution >= 0.6 is 0 Å². The molecule has 0 aliphatic rings. The Morgan fingerprint density at radius 3 is 1.62 bits per heavy atom. The van der Waals surface area contributed by atoms with Gasteiger partial charge in [0.2, 0.25) is 0 Å². The molecule has 0 unspecified atom stereocenters. The number of aromatic nitrogens is 3. The van der Waals surface area contributed by atoms with Crippen molar-refractivity contribution in [2.24, 2.45) is 0 Å². The van der Waals surface area contributed by atoms with Gasteiger partial charge in [-0.15, -0.1) is 0 Å². The van der Waals surface area contributed by atoms with Crippen molar-refractivity contribution < 1.29 is 0 Å². The first-order valence-electron chi connectivity index (χ1n) is 19.2. The molecule has 262 valence electrons. The van der Waals surface area contributed by atoms with Crippen molar-refractivity contribution in [3.63, 3.8) is 0 Å². The van der Waals surface area contributed by atoms with Gasteiger partial charge in [-0.05, 0) is 83.3 Å². The van der Waals surface area contributed by atoms with E-state index in [4.69, 9.17) is 0 Å². The summed E-state index contributed by atoms with van der Waals surface area (Å²) in [7, 11) is 0. The summed E-state index contributed by atoms with van der Waals surface area (Å²) in [6, 6.07) is 66.7. The third-order valence-corrected chi connectivity index (χ3v) is 11.6. The van der Waals surface area contributed by atoms with Crippen LogP contribution in [0.3, 0.4) is 0 Å². The minimum Gasteiger partial charge on any atom is -0.309 e. The maximum absolute atomic E-state index is 2.50. The topological polar surface area (TPSA) is 14.8 Å². The van der Waals surface area contributed by atoms with Crippen LogP contribution in [0.2, 0.25) is 0 Å². The largest absolute Gasteiger partial charge is 0.309 e. The highest BCUT2D eigenvalue weighted by Gasteiger charge is 2.26. The van der Waals surface area contributed by atoms with Crippen LogP contribution in [0, 0.1) is 0 Å². The number of nitrogens with zero attached hydrogens (tertiary/aromatic N) is 3. The predicted molar refractivity (Wildman–Crippen MR) is 234 cm³/mol. The zero-order chi connectivity index (χ0) is 36.8. The first-order chi connectivity index (χ1) is 27.0. The maximum atomic E-state index is 2.50. The Morgan fingerprint density at radius 2 is 0.891 bits per heavy atom. The molecule has 0 aliphatic heterocycles. The zero-order valence-corrected chi connectivity index (χ0v) is 31.2. The lowest BCUT2D eigenvalue weighted by atomic mass is 9.85. The normalized spacial score (nSPS) is 12.3. The molecular formula is C52H39N3. The van der Waals surface area contributed by atoms with E-state index in [0.29, 0.717) is 0 Å². The minimum absolute atomic E-state index is 0.0407. The fraction of sp³-hybridized carbons (Fsp3) is 0.0769. The Labute approximate surface area is 319 Å². The Balaban J connectivity index is 1.21. The van der Waals surface area contributed by atoms with Crippen molar-refractivity contribution >= 4 is 65.4 Å². The lowest BCUT2D eigenvalue weighted by molar-refractivity contribution is 0.594. The predicted octanol–water partition coefficient (Wildman–Crippen LogP) is 13.9. The van der Waals surface area contributed by atoms with Gasteiger partial charge in [-0.2, -0.15) is 0 Å². The fourth-order valence-corrected chi connectivity index (χ4v) is 9.23. The molecule has 11 aromatic rings. The number of hydrogen-bond donors (Lipinski definition) is 0. The van der Waals surface area contributed by atoms with Gasteiger partial charge in [0.1, 0.15) is 0 Å². The highest BCUT2D eigenvalue weighted by molar-refractivity contribution is 6.29. The van der Waals surface area contributed by atoms with Crippen LogP contribution in [0.15, 0.2) is 182 Å². The van der Waals surface area contributed by atoms with E-state index >= 15 is 0 Å². The van der Waals surface area contributed by atoms with Crippen molar-refractivity contribution in [2.75, 3.05) is 0 Å². The van der Waals surface area contributed by atoms with E-state index in [0.717, 1.165) is 0 Å². The van der Waals surface area contributed by atoms with Crippen LogP contribution < -0.4 is 0 Å². The van der Waals surface area contributed by atoms with E-state index in [-0.39, 0.29) is 5.41 Å². The summed E-state index contributed by atoms with van der Waals surface area (Å²) < 4.78 is 7.37. The molecule has 8 aromatic carbocycles. The van der Waals surface area contributed by atoms with Gasteiger partial charge >= 0.3 is 0 Å². The van der Waals surface area contributed by atoms with E-state index in [9.17, 15) is 0 Å². The Morgan fingerprint density at radius 1 is 0.364 bits per heavy atom. The molecule has 0 saturated heterocycles. The number of fused-ring (bicyclic) bond motifs is 10. The zero-order valence-electron chi connectivity index (χ0n) is 31.2. The van der Waals surface area contributed by atoms with Crippen LogP contribution in [0.1, 0.15) is 26.3 Å².